The number of hydrogen-bond donors (Lipinski definition) is 0. The molecule has 130 valence electrons. The molecule has 1 aliphatic rings. The zero-order chi connectivity index (χ0) is 17.7. The van der Waals surface area contributed by atoms with Crippen LogP contribution in [0, 0.1) is 6.92 Å². The third kappa shape index (κ3) is 5.55. The van der Waals surface area contributed by atoms with Crippen LogP contribution >= 0.6 is 11.8 Å². The Balaban J connectivity index is 2.16. The number of carbonyl (C=O) groups is 1. The lowest BCUT2D eigenvalue weighted by molar-refractivity contribution is -0.156. The van der Waals surface area contributed by atoms with E-state index in [0.717, 1.165) is 24.2 Å². The first-order valence-corrected chi connectivity index (χ1v) is 9.56. The van der Waals surface area contributed by atoms with Crippen molar-refractivity contribution in [3.8, 4) is 0 Å². The van der Waals surface area contributed by atoms with Gasteiger partial charge in [0.1, 0.15) is 5.60 Å². The fourth-order valence-corrected chi connectivity index (χ4v) is 3.69. The van der Waals surface area contributed by atoms with E-state index < -0.39 is 5.60 Å². The molecular formula is C21H28O2S. The van der Waals surface area contributed by atoms with Crippen molar-refractivity contribution in [2.75, 3.05) is 5.75 Å². The number of aryl methyl sites for hydroxylation is 1. The molecule has 0 heterocycles. The third-order valence-electron chi connectivity index (χ3n) is 3.86. The molecule has 24 heavy (non-hydrogen) atoms. The van der Waals surface area contributed by atoms with E-state index in [9.17, 15) is 4.79 Å². The predicted molar refractivity (Wildman–Crippen MR) is 103 cm³/mol. The molecule has 0 saturated heterocycles. The molecule has 0 aliphatic heterocycles. The molecule has 0 amide bonds. The van der Waals surface area contributed by atoms with Gasteiger partial charge in [-0.1, -0.05) is 35.9 Å². The highest BCUT2D eigenvalue weighted by molar-refractivity contribution is 7.99. The van der Waals surface area contributed by atoms with E-state index in [-0.39, 0.29) is 11.9 Å². The van der Waals surface area contributed by atoms with Crippen molar-refractivity contribution in [1.29, 1.82) is 0 Å². The average molecular weight is 345 g/mol. The van der Waals surface area contributed by atoms with Gasteiger partial charge in [-0.25, -0.2) is 0 Å². The first-order chi connectivity index (χ1) is 11.3. The molecule has 0 spiro atoms. The molecule has 0 bridgehead atoms. The van der Waals surface area contributed by atoms with E-state index >= 15 is 0 Å². The average Bonchev–Trinajstić information content (AvgIpc) is 2.52. The summed E-state index contributed by atoms with van der Waals surface area (Å²) < 4.78 is 5.57. The molecule has 3 heteroatoms. The van der Waals surface area contributed by atoms with Crippen LogP contribution in [0.5, 0.6) is 0 Å². The molecule has 0 N–H and O–H groups in total. The van der Waals surface area contributed by atoms with Crippen LogP contribution in [-0.2, 0) is 9.53 Å². The summed E-state index contributed by atoms with van der Waals surface area (Å²) in [5.74, 6) is 0.516. The highest BCUT2D eigenvalue weighted by Gasteiger charge is 2.25. The molecule has 0 fully saturated rings. The standard InChI is InChI=1S/C21H28O2S/c1-15-11-12-19(24-14-17-9-7-6-8-10-17)18(13-15)16(2)20(22)23-21(3,4)5/h7,9-13,16H,6,8,14H2,1-5H3. The molecule has 0 saturated carbocycles. The Labute approximate surface area is 150 Å². The number of benzene rings is 1. The minimum absolute atomic E-state index is 0.160. The van der Waals surface area contributed by atoms with Crippen LogP contribution in [0.1, 0.15) is 57.6 Å². The van der Waals surface area contributed by atoms with Crippen molar-refractivity contribution >= 4 is 17.7 Å². The summed E-state index contributed by atoms with van der Waals surface area (Å²) in [5.41, 5.74) is 3.14. The number of esters is 1. The van der Waals surface area contributed by atoms with E-state index in [1.807, 2.05) is 27.7 Å². The maximum Gasteiger partial charge on any atom is 0.313 e. The van der Waals surface area contributed by atoms with Crippen molar-refractivity contribution in [3.63, 3.8) is 0 Å². The lowest BCUT2D eigenvalue weighted by atomic mass is 9.99. The fraction of sp³-hybridized carbons (Fsp3) is 0.476. The van der Waals surface area contributed by atoms with Gasteiger partial charge in [-0.3, -0.25) is 4.79 Å². The van der Waals surface area contributed by atoms with E-state index in [1.165, 1.54) is 16.0 Å². The Hall–Kier alpha value is -1.48. The van der Waals surface area contributed by atoms with Crippen LogP contribution in [0.15, 0.2) is 46.9 Å². The number of hydrogen-bond acceptors (Lipinski definition) is 3. The van der Waals surface area contributed by atoms with Gasteiger partial charge in [0.15, 0.2) is 0 Å². The van der Waals surface area contributed by atoms with Crippen LogP contribution < -0.4 is 0 Å². The van der Waals surface area contributed by atoms with Gasteiger partial charge < -0.3 is 4.74 Å². The monoisotopic (exact) mass is 344 g/mol. The van der Waals surface area contributed by atoms with E-state index in [1.54, 1.807) is 11.8 Å². The van der Waals surface area contributed by atoms with Crippen LogP contribution in [0.25, 0.3) is 0 Å². The van der Waals surface area contributed by atoms with Gasteiger partial charge in [0.05, 0.1) is 5.92 Å². The first kappa shape index (κ1) is 18.9. The predicted octanol–water partition coefficient (Wildman–Crippen LogP) is 5.81. The molecule has 2 rings (SSSR count). The molecule has 1 unspecified atom stereocenters. The topological polar surface area (TPSA) is 26.3 Å². The lowest BCUT2D eigenvalue weighted by Gasteiger charge is -2.23. The van der Waals surface area contributed by atoms with Crippen molar-refractivity contribution in [2.45, 2.75) is 63.9 Å². The maximum absolute atomic E-state index is 12.5. The Morgan fingerprint density at radius 1 is 1.29 bits per heavy atom. The van der Waals surface area contributed by atoms with Gasteiger partial charge in [-0.05, 0) is 64.7 Å². The first-order valence-electron chi connectivity index (χ1n) is 8.58. The maximum atomic E-state index is 12.5. The van der Waals surface area contributed by atoms with Crippen LogP contribution in [0.3, 0.4) is 0 Å². The lowest BCUT2D eigenvalue weighted by Crippen LogP contribution is -2.27. The molecule has 0 aromatic heterocycles. The fourth-order valence-electron chi connectivity index (χ4n) is 2.59. The second-order valence-corrected chi connectivity index (χ2v) is 8.36. The summed E-state index contributed by atoms with van der Waals surface area (Å²) in [6, 6.07) is 6.35. The summed E-state index contributed by atoms with van der Waals surface area (Å²) in [5, 5.41) is 0. The summed E-state index contributed by atoms with van der Waals surface area (Å²) in [6.07, 6.45) is 9.01. The van der Waals surface area contributed by atoms with Crippen LogP contribution in [-0.4, -0.2) is 17.3 Å². The molecule has 1 aromatic carbocycles. The summed E-state index contributed by atoms with van der Waals surface area (Å²) >= 11 is 1.80. The number of ether oxygens (including phenoxy) is 1. The van der Waals surface area contributed by atoms with E-state index in [4.69, 9.17) is 4.74 Å². The van der Waals surface area contributed by atoms with E-state index in [2.05, 4.69) is 43.4 Å². The smallest absolute Gasteiger partial charge is 0.313 e. The second-order valence-electron chi connectivity index (χ2n) is 7.34. The molecule has 1 aliphatic carbocycles. The molecular weight excluding hydrogens is 316 g/mol. The van der Waals surface area contributed by atoms with Crippen molar-refractivity contribution in [3.05, 3.63) is 53.1 Å². The van der Waals surface area contributed by atoms with Gasteiger partial charge in [0, 0.05) is 10.6 Å². The summed E-state index contributed by atoms with van der Waals surface area (Å²) in [6.45, 7) is 9.72. The number of thioether (sulfide) groups is 1. The Morgan fingerprint density at radius 2 is 2.04 bits per heavy atom. The number of allylic oxidation sites excluding steroid dienone is 3. The Morgan fingerprint density at radius 3 is 2.67 bits per heavy atom. The van der Waals surface area contributed by atoms with Gasteiger partial charge in [-0.15, -0.1) is 11.8 Å². The van der Waals surface area contributed by atoms with Gasteiger partial charge in [-0.2, -0.15) is 0 Å². The summed E-state index contributed by atoms with van der Waals surface area (Å²) in [7, 11) is 0. The highest BCUT2D eigenvalue weighted by Crippen LogP contribution is 2.33. The van der Waals surface area contributed by atoms with E-state index in [0.29, 0.717) is 0 Å². The van der Waals surface area contributed by atoms with Crippen LogP contribution in [0.2, 0.25) is 0 Å². The number of rotatable bonds is 5. The SMILES string of the molecule is Cc1ccc(SCC2=CCCC=C2)c(C(C)C(=O)OC(C)(C)C)c1. The Kier molecular flexibility index (Phi) is 6.34. The van der Waals surface area contributed by atoms with Gasteiger partial charge in [0.2, 0.25) is 0 Å². The number of carbonyl (C=O) groups excluding carboxylic acids is 1. The summed E-state index contributed by atoms with van der Waals surface area (Å²) in [4.78, 5) is 13.6. The zero-order valence-corrected chi connectivity index (χ0v) is 16.2. The second kappa shape index (κ2) is 8.06. The Bertz CT molecular complexity index is 650. The van der Waals surface area contributed by atoms with Crippen molar-refractivity contribution < 1.29 is 9.53 Å². The largest absolute Gasteiger partial charge is 0.460 e. The van der Waals surface area contributed by atoms with Gasteiger partial charge in [0.25, 0.3) is 0 Å². The minimum Gasteiger partial charge on any atom is -0.460 e. The minimum atomic E-state index is -0.458. The quantitative estimate of drug-likeness (QED) is 0.498. The van der Waals surface area contributed by atoms with Crippen LogP contribution in [0.4, 0.5) is 0 Å². The van der Waals surface area contributed by atoms with Crippen molar-refractivity contribution in [2.24, 2.45) is 0 Å². The normalized spacial score (nSPS) is 15.8. The van der Waals surface area contributed by atoms with Crippen molar-refractivity contribution in [1.82, 2.24) is 0 Å². The zero-order valence-electron chi connectivity index (χ0n) is 15.4. The third-order valence-corrected chi connectivity index (χ3v) is 5.02. The molecule has 1 atom stereocenters. The molecule has 2 nitrogen and oxygen atoms in total. The molecule has 0 radical (unpaired) electrons. The van der Waals surface area contributed by atoms with Gasteiger partial charge >= 0.3 is 5.97 Å². The molecule has 1 aromatic rings. The highest BCUT2D eigenvalue weighted by atomic mass is 32.2.